The number of aromatic nitrogens is 1. The number of hydrogen-bond donors (Lipinski definition) is 1. The molecule has 0 saturated heterocycles. The molecule has 4 heteroatoms. The number of hydrogen-bond acceptors (Lipinski definition) is 2. The molecule has 2 aromatic rings. The van der Waals surface area contributed by atoms with Crippen LogP contribution in [0.25, 0.3) is 0 Å². The summed E-state index contributed by atoms with van der Waals surface area (Å²) in [5.41, 5.74) is 2.15. The van der Waals surface area contributed by atoms with Crippen molar-refractivity contribution in [2.75, 3.05) is 6.54 Å². The minimum atomic E-state index is 0.0474. The number of pyridine rings is 1. The molecule has 19 heavy (non-hydrogen) atoms. The maximum atomic E-state index is 11.7. The molecule has 0 saturated carbocycles. The summed E-state index contributed by atoms with van der Waals surface area (Å²) in [5.74, 6) is 0.0474. The topological polar surface area (TPSA) is 42.0 Å². The Hall–Kier alpha value is -1.68. The average molecular weight is 319 g/mol. The van der Waals surface area contributed by atoms with Crippen molar-refractivity contribution in [3.8, 4) is 0 Å². The number of nitrogens with zero attached hydrogens (tertiary/aromatic N) is 1. The van der Waals surface area contributed by atoms with E-state index in [1.165, 1.54) is 0 Å². The predicted octanol–water partition coefficient (Wildman–Crippen LogP) is 2.75. The standard InChI is InChI=1S/C15H15BrN2O/c16-14-5-3-12(4-6-14)10-15(19)18-9-7-13-2-1-8-17-11-13/h1-6,8,11H,7,9-10H2,(H,18,19). The zero-order chi connectivity index (χ0) is 13.5. The molecule has 0 bridgehead atoms. The number of amides is 1. The van der Waals surface area contributed by atoms with Crippen LogP contribution in [0, 0.1) is 0 Å². The van der Waals surface area contributed by atoms with Crippen LogP contribution in [0.3, 0.4) is 0 Å². The third-order valence-electron chi connectivity index (χ3n) is 2.74. The molecule has 0 radical (unpaired) electrons. The molecule has 0 aliphatic rings. The van der Waals surface area contributed by atoms with Gasteiger partial charge in [0, 0.05) is 23.4 Å². The first-order chi connectivity index (χ1) is 9.24. The molecule has 1 heterocycles. The van der Waals surface area contributed by atoms with Crippen LogP contribution < -0.4 is 5.32 Å². The summed E-state index contributed by atoms with van der Waals surface area (Å²) >= 11 is 3.37. The molecule has 1 aromatic carbocycles. The highest BCUT2D eigenvalue weighted by Crippen LogP contribution is 2.10. The van der Waals surface area contributed by atoms with Crippen molar-refractivity contribution >= 4 is 21.8 Å². The SMILES string of the molecule is O=C(Cc1ccc(Br)cc1)NCCc1cccnc1. The summed E-state index contributed by atoms with van der Waals surface area (Å²) in [4.78, 5) is 15.8. The highest BCUT2D eigenvalue weighted by molar-refractivity contribution is 9.10. The van der Waals surface area contributed by atoms with Crippen LogP contribution in [0.1, 0.15) is 11.1 Å². The molecule has 3 nitrogen and oxygen atoms in total. The van der Waals surface area contributed by atoms with E-state index in [-0.39, 0.29) is 5.91 Å². The second-order valence-electron chi connectivity index (χ2n) is 4.26. The van der Waals surface area contributed by atoms with Crippen molar-refractivity contribution in [1.82, 2.24) is 10.3 Å². The fourth-order valence-corrected chi connectivity index (χ4v) is 2.01. The highest BCUT2D eigenvalue weighted by Gasteiger charge is 2.02. The lowest BCUT2D eigenvalue weighted by atomic mass is 10.1. The largest absolute Gasteiger partial charge is 0.355 e. The second-order valence-corrected chi connectivity index (χ2v) is 5.18. The minimum absolute atomic E-state index is 0.0474. The monoisotopic (exact) mass is 318 g/mol. The van der Waals surface area contributed by atoms with Gasteiger partial charge in [0.05, 0.1) is 6.42 Å². The number of rotatable bonds is 5. The summed E-state index contributed by atoms with van der Waals surface area (Å²) in [6.45, 7) is 0.640. The van der Waals surface area contributed by atoms with Gasteiger partial charge in [0.15, 0.2) is 0 Å². The van der Waals surface area contributed by atoms with Crippen LogP contribution in [0.15, 0.2) is 53.3 Å². The molecule has 98 valence electrons. The quantitative estimate of drug-likeness (QED) is 0.921. The van der Waals surface area contributed by atoms with Gasteiger partial charge in [0.1, 0.15) is 0 Å². The van der Waals surface area contributed by atoms with E-state index in [1.54, 1.807) is 6.20 Å². The van der Waals surface area contributed by atoms with Crippen LogP contribution >= 0.6 is 15.9 Å². The van der Waals surface area contributed by atoms with Gasteiger partial charge < -0.3 is 5.32 Å². The Morgan fingerprint density at radius 3 is 2.63 bits per heavy atom. The fraction of sp³-hybridized carbons (Fsp3) is 0.200. The molecule has 1 N–H and O–H groups in total. The molecule has 1 amide bonds. The molecular formula is C15H15BrN2O. The molecule has 0 spiro atoms. The van der Waals surface area contributed by atoms with E-state index in [0.717, 1.165) is 22.0 Å². The van der Waals surface area contributed by atoms with Gasteiger partial charge in [-0.05, 0) is 35.7 Å². The highest BCUT2D eigenvalue weighted by atomic mass is 79.9. The lowest BCUT2D eigenvalue weighted by Gasteiger charge is -2.05. The molecule has 0 aliphatic carbocycles. The smallest absolute Gasteiger partial charge is 0.224 e. The van der Waals surface area contributed by atoms with Gasteiger partial charge in [-0.15, -0.1) is 0 Å². The van der Waals surface area contributed by atoms with Crippen molar-refractivity contribution in [2.45, 2.75) is 12.8 Å². The molecule has 0 unspecified atom stereocenters. The number of carbonyl (C=O) groups excluding carboxylic acids is 1. The van der Waals surface area contributed by atoms with Crippen LogP contribution in [-0.4, -0.2) is 17.4 Å². The first kappa shape index (κ1) is 13.7. The van der Waals surface area contributed by atoms with Gasteiger partial charge in [-0.2, -0.15) is 0 Å². The summed E-state index contributed by atoms with van der Waals surface area (Å²) in [5, 5.41) is 2.92. The summed E-state index contributed by atoms with van der Waals surface area (Å²) in [6.07, 6.45) is 4.79. The normalized spacial score (nSPS) is 10.2. The van der Waals surface area contributed by atoms with Crippen molar-refractivity contribution in [1.29, 1.82) is 0 Å². The van der Waals surface area contributed by atoms with E-state index in [9.17, 15) is 4.79 Å². The Morgan fingerprint density at radius 2 is 1.95 bits per heavy atom. The van der Waals surface area contributed by atoms with E-state index in [4.69, 9.17) is 0 Å². The van der Waals surface area contributed by atoms with Gasteiger partial charge in [0.25, 0.3) is 0 Å². The molecule has 0 aliphatic heterocycles. The zero-order valence-corrected chi connectivity index (χ0v) is 12.1. The third kappa shape index (κ3) is 4.83. The Balaban J connectivity index is 1.74. The average Bonchev–Trinajstić information content (AvgIpc) is 2.43. The van der Waals surface area contributed by atoms with Gasteiger partial charge >= 0.3 is 0 Å². The van der Waals surface area contributed by atoms with E-state index in [0.29, 0.717) is 13.0 Å². The molecular weight excluding hydrogens is 304 g/mol. The summed E-state index contributed by atoms with van der Waals surface area (Å²) < 4.78 is 1.02. The zero-order valence-electron chi connectivity index (χ0n) is 10.5. The fourth-order valence-electron chi connectivity index (χ4n) is 1.74. The lowest BCUT2D eigenvalue weighted by molar-refractivity contribution is -0.120. The van der Waals surface area contributed by atoms with Crippen LogP contribution in [0.5, 0.6) is 0 Å². The number of benzene rings is 1. The number of carbonyl (C=O) groups is 1. The van der Waals surface area contributed by atoms with E-state index in [2.05, 4.69) is 26.2 Å². The molecule has 2 rings (SSSR count). The first-order valence-electron chi connectivity index (χ1n) is 6.14. The van der Waals surface area contributed by atoms with E-state index < -0.39 is 0 Å². The number of nitrogens with one attached hydrogen (secondary N) is 1. The van der Waals surface area contributed by atoms with Crippen molar-refractivity contribution in [2.24, 2.45) is 0 Å². The summed E-state index contributed by atoms with van der Waals surface area (Å²) in [6, 6.07) is 11.7. The lowest BCUT2D eigenvalue weighted by Crippen LogP contribution is -2.27. The Morgan fingerprint density at radius 1 is 1.16 bits per heavy atom. The van der Waals surface area contributed by atoms with Crippen LogP contribution in [-0.2, 0) is 17.6 Å². The van der Waals surface area contributed by atoms with E-state index in [1.807, 2.05) is 42.6 Å². The van der Waals surface area contributed by atoms with Crippen molar-refractivity contribution in [3.05, 3.63) is 64.4 Å². The van der Waals surface area contributed by atoms with Crippen LogP contribution in [0.4, 0.5) is 0 Å². The van der Waals surface area contributed by atoms with Gasteiger partial charge in [-0.3, -0.25) is 9.78 Å². The molecule has 1 aromatic heterocycles. The third-order valence-corrected chi connectivity index (χ3v) is 3.27. The first-order valence-corrected chi connectivity index (χ1v) is 6.93. The molecule has 0 fully saturated rings. The predicted molar refractivity (Wildman–Crippen MR) is 78.8 cm³/mol. The van der Waals surface area contributed by atoms with Gasteiger partial charge in [-0.25, -0.2) is 0 Å². The molecule has 0 atom stereocenters. The Kier molecular flexibility index (Phi) is 5.10. The van der Waals surface area contributed by atoms with Gasteiger partial charge in [0.2, 0.25) is 5.91 Å². The van der Waals surface area contributed by atoms with E-state index >= 15 is 0 Å². The van der Waals surface area contributed by atoms with Crippen LogP contribution in [0.2, 0.25) is 0 Å². The second kappa shape index (κ2) is 7.04. The number of halogens is 1. The summed E-state index contributed by atoms with van der Waals surface area (Å²) in [7, 11) is 0. The maximum Gasteiger partial charge on any atom is 0.224 e. The van der Waals surface area contributed by atoms with Crippen molar-refractivity contribution < 1.29 is 4.79 Å². The minimum Gasteiger partial charge on any atom is -0.355 e. The van der Waals surface area contributed by atoms with Gasteiger partial charge in [-0.1, -0.05) is 34.1 Å². The Labute approximate surface area is 121 Å². The maximum absolute atomic E-state index is 11.7. The Bertz CT molecular complexity index is 526. The van der Waals surface area contributed by atoms with Crippen molar-refractivity contribution in [3.63, 3.8) is 0 Å².